The highest BCUT2D eigenvalue weighted by Crippen LogP contribution is 2.16. The lowest BCUT2D eigenvalue weighted by atomic mass is 10.1. The summed E-state index contributed by atoms with van der Waals surface area (Å²) in [6.07, 6.45) is 3.98. The Labute approximate surface area is 144 Å². The Bertz CT molecular complexity index is 680. The monoisotopic (exact) mass is 322 g/mol. The van der Waals surface area contributed by atoms with Crippen LogP contribution in [-0.4, -0.2) is 23.9 Å². The van der Waals surface area contributed by atoms with Crippen LogP contribution in [0.1, 0.15) is 46.3 Å². The first-order valence-electron chi connectivity index (χ1n) is 8.81. The Morgan fingerprint density at radius 1 is 0.958 bits per heavy atom. The zero-order valence-electron chi connectivity index (χ0n) is 14.6. The van der Waals surface area contributed by atoms with Gasteiger partial charge in [0.15, 0.2) is 0 Å². The second-order valence-corrected chi connectivity index (χ2v) is 6.86. The largest absolute Gasteiger partial charge is 0.322 e. The number of carbonyl (C=O) groups is 1. The van der Waals surface area contributed by atoms with Crippen LogP contribution in [0.5, 0.6) is 0 Å². The second-order valence-electron chi connectivity index (χ2n) is 6.86. The Morgan fingerprint density at radius 3 is 2.21 bits per heavy atom. The number of piperidine rings is 1. The molecule has 0 radical (unpaired) electrons. The maximum atomic E-state index is 12.4. The van der Waals surface area contributed by atoms with Crippen molar-refractivity contribution in [1.29, 1.82) is 0 Å². The molecule has 1 saturated heterocycles. The number of carbonyl (C=O) groups excluding carboxylic acids is 1. The zero-order chi connectivity index (χ0) is 16.9. The first-order valence-corrected chi connectivity index (χ1v) is 8.81. The van der Waals surface area contributed by atoms with E-state index in [4.69, 9.17) is 0 Å². The van der Waals surface area contributed by atoms with Gasteiger partial charge in [0.25, 0.3) is 5.91 Å². The summed E-state index contributed by atoms with van der Waals surface area (Å²) in [5.74, 6) is -0.0504. The standard InChI is InChI=1S/C21H26N2O/c1-16-12-17(2)14-19(13-16)21(24)22-20-8-6-18(7-9-20)15-23-10-4-3-5-11-23/h6-9,12-14H,3-5,10-11,15H2,1-2H3,(H,22,24). The fourth-order valence-corrected chi connectivity index (χ4v) is 3.38. The van der Waals surface area contributed by atoms with E-state index in [0.717, 1.165) is 23.4 Å². The fraction of sp³-hybridized carbons (Fsp3) is 0.381. The van der Waals surface area contributed by atoms with Crippen molar-refractivity contribution in [2.24, 2.45) is 0 Å². The molecule has 126 valence electrons. The fourth-order valence-electron chi connectivity index (χ4n) is 3.38. The predicted octanol–water partition coefficient (Wildman–Crippen LogP) is 4.54. The van der Waals surface area contributed by atoms with Crippen LogP contribution in [0.4, 0.5) is 5.69 Å². The number of anilines is 1. The van der Waals surface area contributed by atoms with Crippen molar-refractivity contribution in [3.63, 3.8) is 0 Å². The van der Waals surface area contributed by atoms with E-state index in [1.54, 1.807) is 0 Å². The number of rotatable bonds is 4. The molecule has 0 bridgehead atoms. The molecule has 3 heteroatoms. The number of hydrogen-bond acceptors (Lipinski definition) is 2. The summed E-state index contributed by atoms with van der Waals surface area (Å²) in [7, 11) is 0. The SMILES string of the molecule is Cc1cc(C)cc(C(=O)Nc2ccc(CN3CCCCC3)cc2)c1. The van der Waals surface area contributed by atoms with Gasteiger partial charge in [0.05, 0.1) is 0 Å². The first-order chi connectivity index (χ1) is 11.6. The lowest BCUT2D eigenvalue weighted by Crippen LogP contribution is -2.29. The number of nitrogens with one attached hydrogen (secondary N) is 1. The molecule has 0 spiro atoms. The van der Waals surface area contributed by atoms with Crippen LogP contribution >= 0.6 is 0 Å². The lowest BCUT2D eigenvalue weighted by Gasteiger charge is -2.26. The van der Waals surface area contributed by atoms with Crippen molar-refractivity contribution in [3.8, 4) is 0 Å². The van der Waals surface area contributed by atoms with E-state index in [-0.39, 0.29) is 5.91 Å². The van der Waals surface area contributed by atoms with Gasteiger partial charge >= 0.3 is 0 Å². The average molecular weight is 322 g/mol. The third-order valence-electron chi connectivity index (χ3n) is 4.55. The Balaban J connectivity index is 1.62. The maximum Gasteiger partial charge on any atom is 0.255 e. The maximum absolute atomic E-state index is 12.4. The highest BCUT2D eigenvalue weighted by atomic mass is 16.1. The minimum Gasteiger partial charge on any atom is -0.322 e. The van der Waals surface area contributed by atoms with Gasteiger partial charge in [0.2, 0.25) is 0 Å². The number of aryl methyl sites for hydroxylation is 2. The lowest BCUT2D eigenvalue weighted by molar-refractivity contribution is 0.102. The topological polar surface area (TPSA) is 32.3 Å². The minimum absolute atomic E-state index is 0.0504. The van der Waals surface area contributed by atoms with Crippen LogP contribution in [-0.2, 0) is 6.54 Å². The second kappa shape index (κ2) is 7.63. The van der Waals surface area contributed by atoms with E-state index >= 15 is 0 Å². The van der Waals surface area contributed by atoms with Gasteiger partial charge in [-0.3, -0.25) is 9.69 Å². The van der Waals surface area contributed by atoms with Crippen molar-refractivity contribution in [2.75, 3.05) is 18.4 Å². The molecule has 1 aliphatic rings. The van der Waals surface area contributed by atoms with Crippen LogP contribution in [0.15, 0.2) is 42.5 Å². The molecule has 0 unspecified atom stereocenters. The van der Waals surface area contributed by atoms with Crippen molar-refractivity contribution in [2.45, 2.75) is 39.7 Å². The zero-order valence-corrected chi connectivity index (χ0v) is 14.6. The molecule has 1 fully saturated rings. The molecule has 1 amide bonds. The van der Waals surface area contributed by atoms with E-state index in [9.17, 15) is 4.79 Å². The van der Waals surface area contributed by atoms with Crippen LogP contribution in [0.2, 0.25) is 0 Å². The molecule has 0 atom stereocenters. The van der Waals surface area contributed by atoms with E-state index < -0.39 is 0 Å². The highest BCUT2D eigenvalue weighted by molar-refractivity contribution is 6.04. The van der Waals surface area contributed by atoms with E-state index in [0.29, 0.717) is 5.56 Å². The normalized spacial score (nSPS) is 15.2. The molecule has 2 aromatic carbocycles. The van der Waals surface area contributed by atoms with Gasteiger partial charge in [-0.15, -0.1) is 0 Å². The molecule has 1 N–H and O–H groups in total. The Morgan fingerprint density at radius 2 is 1.58 bits per heavy atom. The summed E-state index contributed by atoms with van der Waals surface area (Å²) in [6, 6.07) is 14.2. The van der Waals surface area contributed by atoms with Gasteiger partial charge in [0, 0.05) is 17.8 Å². The van der Waals surface area contributed by atoms with Crippen molar-refractivity contribution >= 4 is 11.6 Å². The molecule has 0 aliphatic carbocycles. The first kappa shape index (κ1) is 16.7. The van der Waals surface area contributed by atoms with Crippen LogP contribution in [0.25, 0.3) is 0 Å². The van der Waals surface area contributed by atoms with E-state index in [2.05, 4.69) is 28.4 Å². The van der Waals surface area contributed by atoms with E-state index in [1.807, 2.05) is 38.1 Å². The summed E-state index contributed by atoms with van der Waals surface area (Å²) in [5.41, 5.74) is 5.09. The Hall–Kier alpha value is -2.13. The van der Waals surface area contributed by atoms with Gasteiger partial charge in [0.1, 0.15) is 0 Å². The third-order valence-corrected chi connectivity index (χ3v) is 4.55. The summed E-state index contributed by atoms with van der Waals surface area (Å²) < 4.78 is 0. The Kier molecular flexibility index (Phi) is 5.31. The minimum atomic E-state index is -0.0504. The number of amides is 1. The summed E-state index contributed by atoms with van der Waals surface area (Å²) in [4.78, 5) is 14.9. The molecule has 24 heavy (non-hydrogen) atoms. The van der Waals surface area contributed by atoms with Crippen molar-refractivity contribution in [3.05, 3.63) is 64.7 Å². The molecular weight excluding hydrogens is 296 g/mol. The molecule has 1 heterocycles. The average Bonchev–Trinajstić information content (AvgIpc) is 2.57. The van der Waals surface area contributed by atoms with Gasteiger partial charge in [-0.1, -0.05) is 35.7 Å². The predicted molar refractivity (Wildman–Crippen MR) is 99.4 cm³/mol. The van der Waals surface area contributed by atoms with Gasteiger partial charge < -0.3 is 5.32 Å². The molecule has 3 rings (SSSR count). The molecule has 0 saturated carbocycles. The van der Waals surface area contributed by atoms with Gasteiger partial charge in [-0.2, -0.15) is 0 Å². The van der Waals surface area contributed by atoms with Crippen LogP contribution in [0.3, 0.4) is 0 Å². The summed E-state index contributed by atoms with van der Waals surface area (Å²) in [6.45, 7) is 7.43. The van der Waals surface area contributed by atoms with Gasteiger partial charge in [-0.25, -0.2) is 0 Å². The number of nitrogens with zero attached hydrogens (tertiary/aromatic N) is 1. The molecule has 0 aromatic heterocycles. The van der Waals surface area contributed by atoms with Crippen molar-refractivity contribution in [1.82, 2.24) is 4.90 Å². The molecule has 2 aromatic rings. The third kappa shape index (κ3) is 4.45. The van der Waals surface area contributed by atoms with Crippen LogP contribution in [0, 0.1) is 13.8 Å². The number of benzene rings is 2. The highest BCUT2D eigenvalue weighted by Gasteiger charge is 2.11. The number of hydrogen-bond donors (Lipinski definition) is 1. The number of likely N-dealkylation sites (tertiary alicyclic amines) is 1. The van der Waals surface area contributed by atoms with Crippen LogP contribution < -0.4 is 5.32 Å². The smallest absolute Gasteiger partial charge is 0.255 e. The van der Waals surface area contributed by atoms with Crippen molar-refractivity contribution < 1.29 is 4.79 Å². The summed E-state index contributed by atoms with van der Waals surface area (Å²) >= 11 is 0. The summed E-state index contributed by atoms with van der Waals surface area (Å²) in [5, 5.41) is 2.99. The van der Waals surface area contributed by atoms with E-state index in [1.165, 1.54) is 37.9 Å². The quantitative estimate of drug-likeness (QED) is 0.896. The van der Waals surface area contributed by atoms with Gasteiger partial charge in [-0.05, 0) is 69.6 Å². The molecular formula is C21H26N2O. The molecule has 1 aliphatic heterocycles. The molecule has 3 nitrogen and oxygen atoms in total.